The van der Waals surface area contributed by atoms with E-state index in [9.17, 15) is 0 Å². The number of benzene rings is 1. The third-order valence-corrected chi connectivity index (χ3v) is 3.26. The highest BCUT2D eigenvalue weighted by atomic mass is 16.5. The van der Waals surface area contributed by atoms with Gasteiger partial charge in [-0.2, -0.15) is 0 Å². The molecule has 2 rings (SSSR count). The zero-order valence-corrected chi connectivity index (χ0v) is 12.0. The molecule has 1 heterocycles. The van der Waals surface area contributed by atoms with Gasteiger partial charge in [0.15, 0.2) is 0 Å². The molecule has 0 amide bonds. The van der Waals surface area contributed by atoms with Crippen LogP contribution in [0.15, 0.2) is 30.5 Å². The summed E-state index contributed by atoms with van der Waals surface area (Å²) < 4.78 is 7.64. The van der Waals surface area contributed by atoms with Crippen molar-refractivity contribution in [1.29, 1.82) is 0 Å². The molecule has 0 aliphatic carbocycles. The summed E-state index contributed by atoms with van der Waals surface area (Å²) in [5.74, 6) is 0.941. The Bertz CT molecular complexity index is 519. The third-order valence-electron chi connectivity index (χ3n) is 3.26. The fourth-order valence-electron chi connectivity index (χ4n) is 2.20. The van der Waals surface area contributed by atoms with Crippen LogP contribution in [0.4, 0.5) is 0 Å². The topological polar surface area (TPSA) is 29.4 Å². The molecule has 1 aromatic carbocycles. The minimum absolute atomic E-state index is 0.941. The van der Waals surface area contributed by atoms with Crippen LogP contribution < -0.4 is 10.1 Å². The summed E-state index contributed by atoms with van der Waals surface area (Å²) in [5.41, 5.74) is 1.23. The van der Waals surface area contributed by atoms with Crippen molar-refractivity contribution in [2.75, 3.05) is 40.8 Å². The minimum atomic E-state index is 0.941. The van der Waals surface area contributed by atoms with E-state index in [0.717, 1.165) is 31.9 Å². The van der Waals surface area contributed by atoms with Crippen molar-refractivity contribution >= 4 is 10.9 Å². The van der Waals surface area contributed by atoms with Gasteiger partial charge in [-0.1, -0.05) is 6.07 Å². The molecule has 4 heteroatoms. The largest absolute Gasteiger partial charge is 0.496 e. The first-order valence-corrected chi connectivity index (χ1v) is 6.69. The van der Waals surface area contributed by atoms with Crippen LogP contribution in [0.25, 0.3) is 10.9 Å². The minimum Gasteiger partial charge on any atom is -0.496 e. The molecular weight excluding hydrogens is 238 g/mol. The van der Waals surface area contributed by atoms with Gasteiger partial charge in [0.05, 0.1) is 12.6 Å². The van der Waals surface area contributed by atoms with E-state index in [1.54, 1.807) is 7.11 Å². The second kappa shape index (κ2) is 6.59. The Morgan fingerprint density at radius 2 is 2.05 bits per heavy atom. The Labute approximate surface area is 115 Å². The Balaban J connectivity index is 1.94. The molecule has 0 unspecified atom stereocenters. The van der Waals surface area contributed by atoms with Gasteiger partial charge in [-0.25, -0.2) is 0 Å². The zero-order valence-electron chi connectivity index (χ0n) is 12.0. The van der Waals surface area contributed by atoms with Gasteiger partial charge in [-0.3, -0.25) is 0 Å². The van der Waals surface area contributed by atoms with Gasteiger partial charge in [0.1, 0.15) is 5.75 Å². The molecule has 0 fully saturated rings. The smallest absolute Gasteiger partial charge is 0.128 e. The summed E-state index contributed by atoms with van der Waals surface area (Å²) >= 11 is 0. The summed E-state index contributed by atoms with van der Waals surface area (Å²) in [4.78, 5) is 2.18. The molecule has 19 heavy (non-hydrogen) atoms. The fraction of sp³-hybridized carbons (Fsp3) is 0.467. The van der Waals surface area contributed by atoms with Crippen LogP contribution in [0, 0.1) is 0 Å². The van der Waals surface area contributed by atoms with Gasteiger partial charge in [0.2, 0.25) is 0 Å². The lowest BCUT2D eigenvalue weighted by Gasteiger charge is -2.11. The first kappa shape index (κ1) is 13.9. The molecule has 0 aliphatic heterocycles. The van der Waals surface area contributed by atoms with Crippen LogP contribution in [0.2, 0.25) is 0 Å². The molecule has 1 aromatic heterocycles. The fourth-order valence-corrected chi connectivity index (χ4v) is 2.20. The normalized spacial score (nSPS) is 11.4. The Hall–Kier alpha value is -1.52. The predicted molar refractivity (Wildman–Crippen MR) is 79.9 cm³/mol. The van der Waals surface area contributed by atoms with Crippen molar-refractivity contribution in [1.82, 2.24) is 14.8 Å². The second-order valence-electron chi connectivity index (χ2n) is 4.96. The maximum atomic E-state index is 5.38. The molecule has 104 valence electrons. The van der Waals surface area contributed by atoms with E-state index < -0.39 is 0 Å². The monoisotopic (exact) mass is 261 g/mol. The maximum absolute atomic E-state index is 5.38. The molecule has 4 nitrogen and oxygen atoms in total. The molecule has 0 atom stereocenters. The van der Waals surface area contributed by atoms with E-state index in [1.807, 2.05) is 12.1 Å². The van der Waals surface area contributed by atoms with Crippen LogP contribution in [0.1, 0.15) is 0 Å². The van der Waals surface area contributed by atoms with Gasteiger partial charge in [0.25, 0.3) is 0 Å². The summed E-state index contributed by atoms with van der Waals surface area (Å²) in [6.07, 6.45) is 2.13. The predicted octanol–water partition coefficient (Wildman–Crippen LogP) is 1.80. The van der Waals surface area contributed by atoms with Crippen molar-refractivity contribution < 1.29 is 4.74 Å². The number of hydrogen-bond acceptors (Lipinski definition) is 3. The average molecular weight is 261 g/mol. The first-order valence-electron chi connectivity index (χ1n) is 6.69. The zero-order chi connectivity index (χ0) is 13.7. The van der Waals surface area contributed by atoms with Crippen LogP contribution in [-0.2, 0) is 6.54 Å². The van der Waals surface area contributed by atoms with E-state index in [0.29, 0.717) is 0 Å². The highest BCUT2D eigenvalue weighted by molar-refractivity contribution is 5.86. The van der Waals surface area contributed by atoms with Crippen molar-refractivity contribution in [2.24, 2.45) is 0 Å². The van der Waals surface area contributed by atoms with Crippen molar-refractivity contribution in [3.05, 3.63) is 30.5 Å². The van der Waals surface area contributed by atoms with Crippen molar-refractivity contribution in [3.8, 4) is 5.75 Å². The second-order valence-corrected chi connectivity index (χ2v) is 4.96. The van der Waals surface area contributed by atoms with E-state index in [4.69, 9.17) is 4.74 Å². The van der Waals surface area contributed by atoms with E-state index in [-0.39, 0.29) is 0 Å². The number of ether oxygens (including phenoxy) is 1. The number of likely N-dealkylation sites (N-methyl/N-ethyl adjacent to an activating group) is 1. The van der Waals surface area contributed by atoms with Crippen LogP contribution in [-0.4, -0.2) is 50.3 Å². The molecule has 0 saturated heterocycles. The van der Waals surface area contributed by atoms with Crippen molar-refractivity contribution in [3.63, 3.8) is 0 Å². The number of nitrogens with one attached hydrogen (secondary N) is 1. The van der Waals surface area contributed by atoms with Gasteiger partial charge in [0, 0.05) is 37.8 Å². The van der Waals surface area contributed by atoms with Crippen LogP contribution in [0.3, 0.4) is 0 Å². The maximum Gasteiger partial charge on any atom is 0.128 e. The van der Waals surface area contributed by atoms with Crippen LogP contribution >= 0.6 is 0 Å². The molecular formula is C15H23N3O. The first-order chi connectivity index (χ1) is 9.22. The van der Waals surface area contributed by atoms with Gasteiger partial charge < -0.3 is 19.5 Å². The third kappa shape index (κ3) is 3.49. The number of methoxy groups -OCH3 is 1. The molecule has 0 saturated carbocycles. The summed E-state index contributed by atoms with van der Waals surface area (Å²) in [5, 5.41) is 4.63. The summed E-state index contributed by atoms with van der Waals surface area (Å²) in [7, 11) is 5.90. The van der Waals surface area contributed by atoms with Gasteiger partial charge in [-0.15, -0.1) is 0 Å². The average Bonchev–Trinajstić information content (AvgIpc) is 2.81. The van der Waals surface area contributed by atoms with E-state index in [2.05, 4.69) is 47.2 Å². The number of nitrogens with zero attached hydrogens (tertiary/aromatic N) is 2. The number of rotatable bonds is 7. The lowest BCUT2D eigenvalue weighted by atomic mass is 10.2. The number of hydrogen-bond donors (Lipinski definition) is 1. The standard InChI is InChI=1S/C15H23N3O/c1-17(2)11-8-16-9-12-18-10-7-13-14(18)5-4-6-15(13)19-3/h4-7,10,16H,8-9,11-12H2,1-3H3. The molecule has 0 bridgehead atoms. The van der Waals surface area contributed by atoms with Gasteiger partial charge >= 0.3 is 0 Å². The number of fused-ring (bicyclic) bond motifs is 1. The Morgan fingerprint density at radius 3 is 2.79 bits per heavy atom. The van der Waals surface area contributed by atoms with E-state index in [1.165, 1.54) is 10.9 Å². The van der Waals surface area contributed by atoms with Crippen molar-refractivity contribution in [2.45, 2.75) is 6.54 Å². The SMILES string of the molecule is COc1cccc2c1ccn2CCNCCN(C)C. The highest BCUT2D eigenvalue weighted by Crippen LogP contribution is 2.25. The number of aromatic nitrogens is 1. The Kier molecular flexibility index (Phi) is 4.82. The lowest BCUT2D eigenvalue weighted by molar-refractivity contribution is 0.398. The molecule has 0 aliphatic rings. The quantitative estimate of drug-likeness (QED) is 0.771. The Morgan fingerprint density at radius 1 is 1.21 bits per heavy atom. The van der Waals surface area contributed by atoms with Crippen LogP contribution in [0.5, 0.6) is 5.75 Å². The lowest BCUT2D eigenvalue weighted by Crippen LogP contribution is -2.28. The van der Waals surface area contributed by atoms with Gasteiger partial charge in [-0.05, 0) is 32.3 Å². The molecule has 0 spiro atoms. The molecule has 0 radical (unpaired) electrons. The highest BCUT2D eigenvalue weighted by Gasteiger charge is 2.04. The molecule has 1 N–H and O–H groups in total. The summed E-state index contributed by atoms with van der Waals surface area (Å²) in [6.45, 7) is 4.05. The van der Waals surface area contributed by atoms with E-state index >= 15 is 0 Å². The molecule has 2 aromatic rings. The summed E-state index contributed by atoms with van der Waals surface area (Å²) in [6, 6.07) is 8.30.